The van der Waals surface area contributed by atoms with E-state index < -0.39 is 0 Å². The van der Waals surface area contributed by atoms with Crippen LogP contribution in [0.1, 0.15) is 28.3 Å². The summed E-state index contributed by atoms with van der Waals surface area (Å²) >= 11 is 0. The zero-order valence-corrected chi connectivity index (χ0v) is 11.1. The number of hydrogen-bond acceptors (Lipinski definition) is 2. The molecule has 0 aliphatic heterocycles. The smallest absolute Gasteiger partial charge is 0.0775 e. The highest BCUT2D eigenvalue weighted by atomic mass is 16.3. The molecule has 0 spiro atoms. The third-order valence-electron chi connectivity index (χ3n) is 3.98. The van der Waals surface area contributed by atoms with Gasteiger partial charge in [0.25, 0.3) is 0 Å². The van der Waals surface area contributed by atoms with Gasteiger partial charge in [0.05, 0.1) is 12.1 Å². The van der Waals surface area contributed by atoms with Crippen LogP contribution >= 0.6 is 0 Å². The van der Waals surface area contributed by atoms with Gasteiger partial charge in [0.15, 0.2) is 0 Å². The topological polar surface area (TPSA) is 32.3 Å². The second-order valence-electron chi connectivity index (χ2n) is 5.26. The number of aliphatic hydroxyl groups excluding tert-OH is 1. The van der Waals surface area contributed by atoms with Crippen LogP contribution in [0.25, 0.3) is 0 Å². The van der Waals surface area contributed by atoms with E-state index in [-0.39, 0.29) is 12.1 Å². The quantitative estimate of drug-likeness (QED) is 0.881. The fourth-order valence-electron chi connectivity index (χ4n) is 2.85. The Hall–Kier alpha value is -1.64. The standard InChI is InChI=1S/C17H19NO/c1-12-6-2-3-8-14(12)11-18-17-15-9-5-4-7-13(15)10-16(17)19/h2-9,16-19H,10-11H2,1H3/t16-,17+/m1/s1. The van der Waals surface area contributed by atoms with E-state index in [0.717, 1.165) is 13.0 Å². The molecular weight excluding hydrogens is 234 g/mol. The summed E-state index contributed by atoms with van der Waals surface area (Å²) in [5.74, 6) is 0. The molecule has 2 aromatic rings. The van der Waals surface area contributed by atoms with Gasteiger partial charge in [0.2, 0.25) is 0 Å². The first-order valence-electron chi connectivity index (χ1n) is 6.79. The Kier molecular flexibility index (Phi) is 3.36. The first-order valence-corrected chi connectivity index (χ1v) is 6.79. The number of aryl methyl sites for hydroxylation is 1. The zero-order valence-electron chi connectivity index (χ0n) is 11.1. The molecule has 0 amide bonds. The fraction of sp³-hybridized carbons (Fsp3) is 0.294. The summed E-state index contributed by atoms with van der Waals surface area (Å²) in [6.45, 7) is 2.92. The summed E-state index contributed by atoms with van der Waals surface area (Å²) in [4.78, 5) is 0. The van der Waals surface area contributed by atoms with Crippen molar-refractivity contribution < 1.29 is 5.11 Å². The lowest BCUT2D eigenvalue weighted by molar-refractivity contribution is 0.140. The van der Waals surface area contributed by atoms with Gasteiger partial charge in [0, 0.05) is 13.0 Å². The summed E-state index contributed by atoms with van der Waals surface area (Å²) in [5.41, 5.74) is 5.08. The van der Waals surface area contributed by atoms with Gasteiger partial charge in [0.1, 0.15) is 0 Å². The first kappa shape index (κ1) is 12.4. The molecule has 0 saturated carbocycles. The maximum atomic E-state index is 10.2. The molecule has 2 aromatic carbocycles. The van der Waals surface area contributed by atoms with E-state index in [9.17, 15) is 5.11 Å². The maximum Gasteiger partial charge on any atom is 0.0775 e. The number of fused-ring (bicyclic) bond motifs is 1. The summed E-state index contributed by atoms with van der Waals surface area (Å²) in [6.07, 6.45) is 0.433. The van der Waals surface area contributed by atoms with Crippen molar-refractivity contribution in [1.29, 1.82) is 0 Å². The minimum absolute atomic E-state index is 0.0517. The largest absolute Gasteiger partial charge is 0.391 e. The minimum atomic E-state index is -0.318. The Morgan fingerprint density at radius 1 is 1.11 bits per heavy atom. The second kappa shape index (κ2) is 5.16. The molecule has 98 valence electrons. The van der Waals surface area contributed by atoms with Crippen molar-refractivity contribution in [3.8, 4) is 0 Å². The summed E-state index contributed by atoms with van der Waals surface area (Å²) in [7, 11) is 0. The molecule has 0 heterocycles. The van der Waals surface area contributed by atoms with Crippen LogP contribution in [0.4, 0.5) is 0 Å². The molecule has 0 fully saturated rings. The molecule has 2 N–H and O–H groups in total. The van der Waals surface area contributed by atoms with Crippen molar-refractivity contribution in [1.82, 2.24) is 5.32 Å². The molecule has 1 aliphatic rings. The van der Waals surface area contributed by atoms with Crippen molar-refractivity contribution >= 4 is 0 Å². The van der Waals surface area contributed by atoms with E-state index in [1.54, 1.807) is 0 Å². The highest BCUT2D eigenvalue weighted by Crippen LogP contribution is 2.31. The van der Waals surface area contributed by atoms with E-state index >= 15 is 0 Å². The molecule has 0 radical (unpaired) electrons. The van der Waals surface area contributed by atoms with Gasteiger partial charge in [-0.15, -0.1) is 0 Å². The second-order valence-corrected chi connectivity index (χ2v) is 5.26. The van der Waals surface area contributed by atoms with Crippen molar-refractivity contribution in [3.63, 3.8) is 0 Å². The SMILES string of the molecule is Cc1ccccc1CN[C@H]1c2ccccc2C[C@H]1O. The number of nitrogens with one attached hydrogen (secondary N) is 1. The molecule has 1 aliphatic carbocycles. The third-order valence-corrected chi connectivity index (χ3v) is 3.98. The minimum Gasteiger partial charge on any atom is -0.391 e. The predicted octanol–water partition coefficient (Wildman–Crippen LogP) is 2.74. The monoisotopic (exact) mass is 253 g/mol. The Morgan fingerprint density at radius 2 is 1.84 bits per heavy atom. The van der Waals surface area contributed by atoms with Crippen LogP contribution in [0.5, 0.6) is 0 Å². The average molecular weight is 253 g/mol. The Morgan fingerprint density at radius 3 is 2.68 bits per heavy atom. The molecule has 2 heteroatoms. The molecule has 0 unspecified atom stereocenters. The maximum absolute atomic E-state index is 10.2. The van der Waals surface area contributed by atoms with Gasteiger partial charge >= 0.3 is 0 Å². The zero-order chi connectivity index (χ0) is 13.2. The summed E-state index contributed by atoms with van der Waals surface area (Å²) in [6, 6.07) is 16.7. The Labute approximate surface area is 114 Å². The molecule has 2 nitrogen and oxygen atoms in total. The number of hydrogen-bond donors (Lipinski definition) is 2. The van der Waals surface area contributed by atoms with Crippen molar-refractivity contribution in [2.75, 3.05) is 0 Å². The molecule has 0 aromatic heterocycles. The van der Waals surface area contributed by atoms with Crippen LogP contribution < -0.4 is 5.32 Å². The van der Waals surface area contributed by atoms with E-state index in [1.165, 1.54) is 22.3 Å². The third kappa shape index (κ3) is 2.42. The highest BCUT2D eigenvalue weighted by molar-refractivity contribution is 5.36. The lowest BCUT2D eigenvalue weighted by Crippen LogP contribution is -2.28. The van der Waals surface area contributed by atoms with Gasteiger partial charge in [-0.3, -0.25) is 0 Å². The average Bonchev–Trinajstić information content (AvgIpc) is 2.74. The lowest BCUT2D eigenvalue weighted by atomic mass is 10.1. The Bertz CT molecular complexity index is 579. The summed E-state index contributed by atoms with van der Waals surface area (Å²) < 4.78 is 0. The van der Waals surface area contributed by atoms with Crippen LogP contribution in [0.15, 0.2) is 48.5 Å². The number of aliphatic hydroxyl groups is 1. The normalized spacial score (nSPS) is 21.4. The van der Waals surface area contributed by atoms with Crippen molar-refractivity contribution in [3.05, 3.63) is 70.8 Å². The van der Waals surface area contributed by atoms with Gasteiger partial charge in [-0.05, 0) is 29.2 Å². The van der Waals surface area contributed by atoms with Gasteiger partial charge in [-0.1, -0.05) is 48.5 Å². The van der Waals surface area contributed by atoms with Crippen LogP contribution in [-0.4, -0.2) is 11.2 Å². The lowest BCUT2D eigenvalue weighted by Gasteiger charge is -2.18. The Balaban J connectivity index is 1.76. The highest BCUT2D eigenvalue weighted by Gasteiger charge is 2.30. The van der Waals surface area contributed by atoms with E-state index in [2.05, 4.69) is 48.6 Å². The molecule has 0 bridgehead atoms. The predicted molar refractivity (Wildman–Crippen MR) is 76.9 cm³/mol. The molecule has 19 heavy (non-hydrogen) atoms. The van der Waals surface area contributed by atoms with E-state index in [0.29, 0.717) is 0 Å². The first-order chi connectivity index (χ1) is 9.25. The molecule has 2 atom stereocenters. The van der Waals surface area contributed by atoms with Gasteiger partial charge in [-0.2, -0.15) is 0 Å². The van der Waals surface area contributed by atoms with E-state index in [4.69, 9.17) is 0 Å². The number of benzene rings is 2. The van der Waals surface area contributed by atoms with Gasteiger partial charge < -0.3 is 10.4 Å². The van der Waals surface area contributed by atoms with Gasteiger partial charge in [-0.25, -0.2) is 0 Å². The molecular formula is C17H19NO. The fourth-order valence-corrected chi connectivity index (χ4v) is 2.85. The molecule has 0 saturated heterocycles. The number of rotatable bonds is 3. The van der Waals surface area contributed by atoms with Crippen molar-refractivity contribution in [2.24, 2.45) is 0 Å². The van der Waals surface area contributed by atoms with Crippen LogP contribution in [0.3, 0.4) is 0 Å². The van der Waals surface area contributed by atoms with Crippen LogP contribution in [0, 0.1) is 6.92 Å². The van der Waals surface area contributed by atoms with Crippen LogP contribution in [0.2, 0.25) is 0 Å². The summed E-state index contributed by atoms with van der Waals surface area (Å²) in [5, 5.41) is 13.7. The van der Waals surface area contributed by atoms with E-state index in [1.807, 2.05) is 12.1 Å². The van der Waals surface area contributed by atoms with Crippen LogP contribution in [-0.2, 0) is 13.0 Å². The van der Waals surface area contributed by atoms with Crippen molar-refractivity contribution in [2.45, 2.75) is 32.0 Å². The molecule has 3 rings (SSSR count).